The van der Waals surface area contributed by atoms with E-state index in [2.05, 4.69) is 28.2 Å². The lowest BCUT2D eigenvalue weighted by Crippen LogP contribution is -2.52. The fourth-order valence-corrected chi connectivity index (χ4v) is 3.43. The highest BCUT2D eigenvalue weighted by Crippen LogP contribution is 2.33. The van der Waals surface area contributed by atoms with Crippen LogP contribution in [0.4, 0.5) is 4.39 Å². The van der Waals surface area contributed by atoms with Crippen LogP contribution >= 0.6 is 15.9 Å². The maximum Gasteiger partial charge on any atom is 0.251 e. The summed E-state index contributed by atoms with van der Waals surface area (Å²) in [5.41, 5.74) is 0.104. The van der Waals surface area contributed by atoms with Gasteiger partial charge in [-0.3, -0.25) is 4.79 Å². The summed E-state index contributed by atoms with van der Waals surface area (Å²) in [6, 6.07) is 4.29. The molecule has 116 valence electrons. The summed E-state index contributed by atoms with van der Waals surface area (Å²) in [6.07, 6.45) is 4.10. The van der Waals surface area contributed by atoms with Crippen LogP contribution < -0.4 is 10.1 Å². The van der Waals surface area contributed by atoms with Crippen LogP contribution in [-0.4, -0.2) is 23.9 Å². The number of carbonyl (C=O) groups is 1. The number of benzene rings is 1. The number of methoxy groups -OCH3 is 1. The van der Waals surface area contributed by atoms with E-state index in [-0.39, 0.29) is 17.2 Å². The summed E-state index contributed by atoms with van der Waals surface area (Å²) in [7, 11) is 1.40. The molecule has 0 spiro atoms. The molecule has 1 aliphatic rings. The molecule has 0 radical (unpaired) electrons. The van der Waals surface area contributed by atoms with Crippen molar-refractivity contribution in [2.45, 2.75) is 38.1 Å². The third-order valence-corrected chi connectivity index (χ3v) is 5.35. The Morgan fingerprint density at radius 3 is 2.67 bits per heavy atom. The predicted molar refractivity (Wildman–Crippen MR) is 84.6 cm³/mol. The van der Waals surface area contributed by atoms with Gasteiger partial charge in [-0.2, -0.15) is 0 Å². The third-order valence-electron chi connectivity index (χ3n) is 4.28. The Morgan fingerprint density at radius 2 is 2.14 bits per heavy atom. The van der Waals surface area contributed by atoms with E-state index in [4.69, 9.17) is 4.74 Å². The second-order valence-electron chi connectivity index (χ2n) is 5.90. The maximum absolute atomic E-state index is 13.7. The molecule has 1 saturated carbocycles. The van der Waals surface area contributed by atoms with Crippen molar-refractivity contribution >= 4 is 21.8 Å². The molecule has 1 N–H and O–H groups in total. The van der Waals surface area contributed by atoms with Crippen LogP contribution in [0.2, 0.25) is 0 Å². The van der Waals surface area contributed by atoms with E-state index < -0.39 is 5.82 Å². The molecule has 5 heteroatoms. The first kappa shape index (κ1) is 16.3. The smallest absolute Gasteiger partial charge is 0.251 e. The van der Waals surface area contributed by atoms with Gasteiger partial charge in [-0.1, -0.05) is 22.9 Å². The molecule has 3 nitrogen and oxygen atoms in total. The molecule has 1 aromatic rings. The first-order chi connectivity index (χ1) is 9.99. The second kappa shape index (κ2) is 6.77. The summed E-state index contributed by atoms with van der Waals surface area (Å²) in [5.74, 6) is 0.0987. The van der Waals surface area contributed by atoms with Crippen LogP contribution in [0, 0.1) is 11.7 Å². The first-order valence-electron chi connectivity index (χ1n) is 7.22. The van der Waals surface area contributed by atoms with E-state index in [0.717, 1.165) is 31.0 Å². The average molecular weight is 358 g/mol. The van der Waals surface area contributed by atoms with E-state index in [9.17, 15) is 9.18 Å². The average Bonchev–Trinajstić information content (AvgIpc) is 2.49. The van der Waals surface area contributed by atoms with Gasteiger partial charge in [0.15, 0.2) is 11.6 Å². The molecule has 0 saturated heterocycles. The van der Waals surface area contributed by atoms with Crippen LogP contribution in [0.25, 0.3) is 0 Å². The normalized spacial score (nSPS) is 25.4. The fraction of sp³-hybridized carbons (Fsp3) is 0.562. The zero-order valence-electron chi connectivity index (χ0n) is 12.4. The minimum atomic E-state index is -0.518. The molecule has 21 heavy (non-hydrogen) atoms. The summed E-state index contributed by atoms with van der Waals surface area (Å²) in [4.78, 5) is 12.4. The lowest BCUT2D eigenvalue weighted by Gasteiger charge is -2.39. The van der Waals surface area contributed by atoms with Gasteiger partial charge in [0.05, 0.1) is 12.6 Å². The minimum Gasteiger partial charge on any atom is -0.494 e. The Labute approximate surface area is 133 Å². The molecule has 0 atom stereocenters. The van der Waals surface area contributed by atoms with Gasteiger partial charge >= 0.3 is 0 Å². The van der Waals surface area contributed by atoms with Crippen molar-refractivity contribution in [2.24, 2.45) is 5.92 Å². The monoisotopic (exact) mass is 357 g/mol. The SMILES string of the molecule is COc1ccc(C(=O)NC2(CBr)CCC(C)CC2)cc1F. The van der Waals surface area contributed by atoms with Crippen molar-refractivity contribution in [2.75, 3.05) is 12.4 Å². The first-order valence-corrected chi connectivity index (χ1v) is 8.34. The van der Waals surface area contributed by atoms with Gasteiger partial charge in [0.25, 0.3) is 5.91 Å². The minimum absolute atomic E-state index is 0.147. The lowest BCUT2D eigenvalue weighted by molar-refractivity contribution is 0.0874. The molecule has 0 aliphatic heterocycles. The van der Waals surface area contributed by atoms with Crippen LogP contribution in [0.5, 0.6) is 5.75 Å². The van der Waals surface area contributed by atoms with Gasteiger partial charge in [0.2, 0.25) is 0 Å². The van der Waals surface area contributed by atoms with E-state index in [1.165, 1.54) is 19.2 Å². The number of alkyl halides is 1. The van der Waals surface area contributed by atoms with Crippen LogP contribution in [0.1, 0.15) is 43.0 Å². The Bertz CT molecular complexity index is 513. The number of hydrogen-bond acceptors (Lipinski definition) is 2. The van der Waals surface area contributed by atoms with Gasteiger partial charge in [0, 0.05) is 10.9 Å². The highest BCUT2D eigenvalue weighted by atomic mass is 79.9. The number of nitrogens with one attached hydrogen (secondary N) is 1. The molecule has 0 unspecified atom stereocenters. The van der Waals surface area contributed by atoms with E-state index >= 15 is 0 Å². The standard InChI is InChI=1S/C16H21BrFNO2/c1-11-5-7-16(10-17,8-6-11)19-15(20)12-3-4-14(21-2)13(18)9-12/h3-4,9,11H,5-8,10H2,1-2H3,(H,19,20). The number of hydrogen-bond donors (Lipinski definition) is 1. The van der Waals surface area contributed by atoms with E-state index in [0.29, 0.717) is 11.5 Å². The third kappa shape index (κ3) is 3.76. The second-order valence-corrected chi connectivity index (χ2v) is 6.46. The zero-order chi connectivity index (χ0) is 15.5. The summed E-state index contributed by atoms with van der Waals surface area (Å²) in [6.45, 7) is 2.23. The number of amides is 1. The molecule has 1 aliphatic carbocycles. The van der Waals surface area contributed by atoms with Gasteiger partial charge in [0.1, 0.15) is 0 Å². The highest BCUT2D eigenvalue weighted by Gasteiger charge is 2.34. The number of rotatable bonds is 4. The summed E-state index contributed by atoms with van der Waals surface area (Å²) in [5, 5.41) is 3.81. The molecule has 2 rings (SSSR count). The number of carbonyl (C=O) groups excluding carboxylic acids is 1. The van der Waals surface area contributed by atoms with Gasteiger partial charge in [-0.25, -0.2) is 4.39 Å². The van der Waals surface area contributed by atoms with Crippen molar-refractivity contribution < 1.29 is 13.9 Å². The van der Waals surface area contributed by atoms with Crippen molar-refractivity contribution in [3.63, 3.8) is 0 Å². The Kier molecular flexibility index (Phi) is 5.25. The van der Waals surface area contributed by atoms with Crippen molar-refractivity contribution in [1.82, 2.24) is 5.32 Å². The van der Waals surface area contributed by atoms with Gasteiger partial charge in [-0.05, 0) is 49.8 Å². The van der Waals surface area contributed by atoms with E-state index in [1.54, 1.807) is 6.07 Å². The van der Waals surface area contributed by atoms with Crippen LogP contribution in [0.15, 0.2) is 18.2 Å². The predicted octanol–water partition coefficient (Wildman–Crippen LogP) is 3.91. The van der Waals surface area contributed by atoms with Gasteiger partial charge < -0.3 is 10.1 Å². The molecule has 1 amide bonds. The van der Waals surface area contributed by atoms with Crippen molar-refractivity contribution in [1.29, 1.82) is 0 Å². The number of ether oxygens (including phenoxy) is 1. The number of halogens is 2. The maximum atomic E-state index is 13.7. The molecule has 0 bridgehead atoms. The quantitative estimate of drug-likeness (QED) is 0.829. The molecular weight excluding hydrogens is 337 g/mol. The van der Waals surface area contributed by atoms with Crippen molar-refractivity contribution in [3.05, 3.63) is 29.6 Å². The highest BCUT2D eigenvalue weighted by molar-refractivity contribution is 9.09. The van der Waals surface area contributed by atoms with E-state index in [1.807, 2.05) is 0 Å². The molecule has 0 aromatic heterocycles. The summed E-state index contributed by atoms with van der Waals surface area (Å²) >= 11 is 3.52. The van der Waals surface area contributed by atoms with Gasteiger partial charge in [-0.15, -0.1) is 0 Å². The van der Waals surface area contributed by atoms with Crippen molar-refractivity contribution in [3.8, 4) is 5.75 Å². The van der Waals surface area contributed by atoms with Crippen LogP contribution in [-0.2, 0) is 0 Å². The zero-order valence-corrected chi connectivity index (χ0v) is 14.0. The van der Waals surface area contributed by atoms with Crippen LogP contribution in [0.3, 0.4) is 0 Å². The molecular formula is C16H21BrFNO2. The Hall–Kier alpha value is -1.10. The topological polar surface area (TPSA) is 38.3 Å². The Morgan fingerprint density at radius 1 is 1.48 bits per heavy atom. The summed E-state index contributed by atoms with van der Waals surface area (Å²) < 4.78 is 18.6. The molecule has 1 fully saturated rings. The fourth-order valence-electron chi connectivity index (χ4n) is 2.73. The Balaban J connectivity index is 2.11. The molecule has 1 aromatic carbocycles. The lowest BCUT2D eigenvalue weighted by atomic mass is 9.78. The largest absolute Gasteiger partial charge is 0.494 e. The molecule has 0 heterocycles.